The number of nitrogens with zero attached hydrogens (tertiary/aromatic N) is 3. The smallest absolute Gasteiger partial charge is 0.323 e. The maximum Gasteiger partial charge on any atom is 0.323 e. The van der Waals surface area contributed by atoms with Crippen molar-refractivity contribution >= 4 is 41.2 Å². The molecule has 2 aromatic rings. The van der Waals surface area contributed by atoms with Crippen LogP contribution in [0.25, 0.3) is 0 Å². The van der Waals surface area contributed by atoms with E-state index >= 15 is 0 Å². The van der Waals surface area contributed by atoms with Gasteiger partial charge in [0.25, 0.3) is 5.91 Å². The first-order valence-corrected chi connectivity index (χ1v) is 12.8. The molecule has 1 aliphatic rings. The minimum Gasteiger partial charge on any atom is -0.480 e. The van der Waals surface area contributed by atoms with E-state index in [-0.39, 0.29) is 30.9 Å². The summed E-state index contributed by atoms with van der Waals surface area (Å²) in [6, 6.07) is 11.0. The van der Waals surface area contributed by atoms with Crippen molar-refractivity contribution in [2.75, 3.05) is 45.7 Å². The van der Waals surface area contributed by atoms with Gasteiger partial charge in [0.1, 0.15) is 24.5 Å². The van der Waals surface area contributed by atoms with Gasteiger partial charge in [-0.1, -0.05) is 24.3 Å². The van der Waals surface area contributed by atoms with Crippen molar-refractivity contribution in [1.29, 1.82) is 5.41 Å². The van der Waals surface area contributed by atoms with Gasteiger partial charge in [-0.3, -0.25) is 29.4 Å². The summed E-state index contributed by atoms with van der Waals surface area (Å²) in [5, 5.41) is 19.5. The number of carbonyl (C=O) groups excluding carboxylic acids is 4. The van der Waals surface area contributed by atoms with Gasteiger partial charge >= 0.3 is 11.9 Å². The monoisotopic (exact) mass is 566 g/mol. The van der Waals surface area contributed by atoms with Crippen LogP contribution in [-0.4, -0.2) is 103 Å². The lowest BCUT2D eigenvalue weighted by Crippen LogP contribution is -2.63. The van der Waals surface area contributed by atoms with E-state index in [2.05, 4.69) is 5.32 Å². The highest BCUT2D eigenvalue weighted by Gasteiger charge is 2.42. The van der Waals surface area contributed by atoms with E-state index in [1.807, 2.05) is 43.3 Å². The van der Waals surface area contributed by atoms with Crippen LogP contribution in [0.15, 0.2) is 48.5 Å². The first-order chi connectivity index (χ1) is 19.4. The molecule has 0 bridgehead atoms. The molecule has 0 saturated carbocycles. The van der Waals surface area contributed by atoms with Crippen molar-refractivity contribution in [1.82, 2.24) is 15.1 Å². The molecule has 0 spiro atoms. The Morgan fingerprint density at radius 2 is 1.78 bits per heavy atom. The van der Waals surface area contributed by atoms with Crippen LogP contribution in [0, 0.1) is 5.41 Å². The van der Waals surface area contributed by atoms with Gasteiger partial charge in [0.2, 0.25) is 11.8 Å². The van der Waals surface area contributed by atoms with E-state index in [4.69, 9.17) is 15.9 Å². The molecule has 218 valence electrons. The molecule has 0 unspecified atom stereocenters. The second-order valence-corrected chi connectivity index (χ2v) is 9.77. The second kappa shape index (κ2) is 13.4. The number of nitrogen functional groups attached to an aromatic ring is 1. The Morgan fingerprint density at radius 1 is 1.12 bits per heavy atom. The number of methoxy groups -OCH3 is 1. The van der Waals surface area contributed by atoms with E-state index in [0.29, 0.717) is 5.56 Å². The van der Waals surface area contributed by atoms with Crippen LogP contribution in [0.4, 0.5) is 5.69 Å². The van der Waals surface area contributed by atoms with Crippen LogP contribution >= 0.6 is 0 Å². The summed E-state index contributed by atoms with van der Waals surface area (Å²) in [5.74, 6) is -4.00. The normalized spacial score (nSPS) is 15.6. The highest BCUT2D eigenvalue weighted by molar-refractivity contribution is 6.01. The topological polar surface area (TPSA) is 186 Å². The van der Waals surface area contributed by atoms with Gasteiger partial charge in [-0.2, -0.15) is 0 Å². The van der Waals surface area contributed by atoms with Gasteiger partial charge in [0.15, 0.2) is 0 Å². The number of amides is 3. The molecule has 2 aromatic carbocycles. The number of nitrogens with two attached hydrogens (primary N) is 1. The summed E-state index contributed by atoms with van der Waals surface area (Å²) >= 11 is 0. The molecule has 13 heteroatoms. The standard InChI is InChI=1S/C28H34N6O7/c1-32(2)20-6-4-5-17(13-20)14-21(31-26(38)19-9-7-18(8-10-19)25(29)30)27(39)34-12-11-33(16-23(35)36)28(40)22(34)15-24(37)41-3/h4-10,13,21-22H,11-12,14-16H2,1-3H3,(H3,29,30)(H,31,38)(H,35,36)/t21-,22-/m0/s1. The predicted octanol–water partition coefficient (Wildman–Crippen LogP) is 0.0649. The number of rotatable bonds is 11. The third-order valence-electron chi connectivity index (χ3n) is 6.71. The maximum absolute atomic E-state index is 14.0. The number of esters is 1. The first kappa shape index (κ1) is 30.6. The van der Waals surface area contributed by atoms with Crippen LogP contribution in [0.2, 0.25) is 0 Å². The lowest BCUT2D eigenvalue weighted by molar-refractivity contribution is -0.159. The fourth-order valence-electron chi connectivity index (χ4n) is 4.50. The molecular weight excluding hydrogens is 532 g/mol. The fourth-order valence-corrected chi connectivity index (χ4v) is 4.50. The first-order valence-electron chi connectivity index (χ1n) is 12.8. The molecule has 1 saturated heterocycles. The van der Waals surface area contributed by atoms with Gasteiger partial charge in [-0.15, -0.1) is 0 Å². The van der Waals surface area contributed by atoms with Crippen LogP contribution in [0.3, 0.4) is 0 Å². The molecule has 0 aromatic heterocycles. The van der Waals surface area contributed by atoms with Gasteiger partial charge in [-0.05, 0) is 29.8 Å². The van der Waals surface area contributed by atoms with Crippen LogP contribution in [0.5, 0.6) is 0 Å². The summed E-state index contributed by atoms with van der Waals surface area (Å²) in [5.41, 5.74) is 7.77. The summed E-state index contributed by atoms with van der Waals surface area (Å²) in [6.07, 6.45) is -0.396. The Hall–Kier alpha value is -4.94. The predicted molar refractivity (Wildman–Crippen MR) is 150 cm³/mol. The fraction of sp³-hybridized carbons (Fsp3) is 0.357. The third-order valence-corrected chi connectivity index (χ3v) is 6.71. The average molecular weight is 567 g/mol. The Bertz CT molecular complexity index is 1330. The van der Waals surface area contributed by atoms with Gasteiger partial charge in [0.05, 0.1) is 13.5 Å². The van der Waals surface area contributed by atoms with Crippen LogP contribution in [0.1, 0.15) is 27.9 Å². The number of benzene rings is 2. The molecule has 13 nitrogen and oxygen atoms in total. The lowest BCUT2D eigenvalue weighted by atomic mass is 10.00. The zero-order valence-electron chi connectivity index (χ0n) is 23.1. The number of aliphatic carboxylic acids is 1. The zero-order chi connectivity index (χ0) is 30.3. The molecule has 1 fully saturated rings. The highest BCUT2D eigenvalue weighted by atomic mass is 16.5. The van der Waals surface area contributed by atoms with Crippen molar-refractivity contribution in [2.24, 2.45) is 5.73 Å². The molecule has 5 N–H and O–H groups in total. The average Bonchev–Trinajstić information content (AvgIpc) is 2.94. The maximum atomic E-state index is 14.0. The number of ether oxygens (including phenoxy) is 1. The number of nitrogens with one attached hydrogen (secondary N) is 2. The summed E-state index contributed by atoms with van der Waals surface area (Å²) < 4.78 is 4.72. The second-order valence-electron chi connectivity index (χ2n) is 9.77. The van der Waals surface area contributed by atoms with Crippen LogP contribution < -0.4 is 16.0 Å². The number of anilines is 1. The van der Waals surface area contributed by atoms with Crippen molar-refractivity contribution in [2.45, 2.75) is 24.9 Å². The number of amidine groups is 1. The quantitative estimate of drug-likeness (QED) is 0.166. The molecule has 1 aliphatic heterocycles. The van der Waals surface area contributed by atoms with E-state index in [1.165, 1.54) is 29.2 Å². The van der Waals surface area contributed by atoms with Crippen molar-refractivity contribution < 1.29 is 33.8 Å². The SMILES string of the molecule is COC(=O)C[C@H]1C(=O)N(CC(=O)O)CCN1C(=O)[C@H](Cc1cccc(N(C)C)c1)NC(=O)c1ccc(C(=N)N)cc1. The van der Waals surface area contributed by atoms with E-state index in [9.17, 15) is 29.1 Å². The Labute approximate surface area is 237 Å². The molecule has 41 heavy (non-hydrogen) atoms. The highest BCUT2D eigenvalue weighted by Crippen LogP contribution is 2.20. The Kier molecular flexibility index (Phi) is 10.0. The third kappa shape index (κ3) is 7.81. The van der Waals surface area contributed by atoms with Crippen molar-refractivity contribution in [3.05, 3.63) is 65.2 Å². The molecule has 1 heterocycles. The summed E-state index contributed by atoms with van der Waals surface area (Å²) in [7, 11) is 4.89. The minimum absolute atomic E-state index is 0.0447. The molecule has 3 amide bonds. The number of hydrogen-bond donors (Lipinski definition) is 4. The Morgan fingerprint density at radius 3 is 2.37 bits per heavy atom. The molecule has 0 aliphatic carbocycles. The lowest BCUT2D eigenvalue weighted by Gasteiger charge is -2.41. The van der Waals surface area contributed by atoms with E-state index in [0.717, 1.165) is 23.3 Å². The van der Waals surface area contributed by atoms with Crippen molar-refractivity contribution in [3.8, 4) is 0 Å². The van der Waals surface area contributed by atoms with Gasteiger partial charge in [0, 0.05) is 50.4 Å². The van der Waals surface area contributed by atoms with Gasteiger partial charge in [-0.25, -0.2) is 0 Å². The summed E-state index contributed by atoms with van der Waals surface area (Å²) in [6.45, 7) is -0.680. The largest absolute Gasteiger partial charge is 0.480 e. The number of carbonyl (C=O) groups is 5. The minimum atomic E-state index is -1.30. The van der Waals surface area contributed by atoms with Crippen LogP contribution in [-0.2, 0) is 30.3 Å². The molecule has 2 atom stereocenters. The number of piperazine rings is 1. The zero-order valence-corrected chi connectivity index (χ0v) is 23.1. The summed E-state index contributed by atoms with van der Waals surface area (Å²) in [4.78, 5) is 68.1. The van der Waals surface area contributed by atoms with E-state index < -0.39 is 54.7 Å². The molecule has 0 radical (unpaired) electrons. The Balaban J connectivity index is 1.95. The number of hydrogen-bond acceptors (Lipinski definition) is 8. The van der Waals surface area contributed by atoms with Gasteiger partial charge < -0.3 is 35.6 Å². The van der Waals surface area contributed by atoms with E-state index in [1.54, 1.807) is 0 Å². The number of carboxylic acids is 1. The molecule has 3 rings (SSSR count). The molecular formula is C28H34N6O7. The number of carboxylic acid groups (broad SMARTS) is 1. The van der Waals surface area contributed by atoms with Crippen molar-refractivity contribution in [3.63, 3.8) is 0 Å².